The summed E-state index contributed by atoms with van der Waals surface area (Å²) in [6.45, 7) is 1.11. The summed E-state index contributed by atoms with van der Waals surface area (Å²) in [4.78, 5) is 0. The van der Waals surface area contributed by atoms with Gasteiger partial charge in [-0.15, -0.1) is 11.8 Å². The second-order valence-corrected chi connectivity index (χ2v) is 3.56. The Kier molecular flexibility index (Phi) is 1.67. The van der Waals surface area contributed by atoms with E-state index in [-0.39, 0.29) is 0 Å². The van der Waals surface area contributed by atoms with Gasteiger partial charge in [0.05, 0.1) is 11.2 Å². The first kappa shape index (κ1) is 6.28. The second kappa shape index (κ2) is 2.66. The maximum Gasteiger partial charge on any atom is 0.0939 e. The molecule has 54 valence electrons. The minimum atomic E-state index is 1.11. The highest BCUT2D eigenvalue weighted by Gasteiger charge is 2.06. The topological polar surface area (TPSA) is 17.8 Å². The highest BCUT2D eigenvalue weighted by molar-refractivity contribution is 7.99. The Morgan fingerprint density at radius 3 is 3.50 bits per heavy atom. The number of hydrogen-bond acceptors (Lipinski definition) is 2. The zero-order valence-corrected chi connectivity index (χ0v) is 6.60. The van der Waals surface area contributed by atoms with Gasteiger partial charge in [0.25, 0.3) is 0 Å². The highest BCUT2D eigenvalue weighted by Crippen LogP contribution is 2.22. The summed E-state index contributed by atoms with van der Waals surface area (Å²) >= 11 is 1.92. The molecule has 0 spiro atoms. The third-order valence-electron chi connectivity index (χ3n) is 1.69. The van der Waals surface area contributed by atoms with E-state index in [1.54, 1.807) is 0 Å². The van der Waals surface area contributed by atoms with Crippen LogP contribution in [0.15, 0.2) is 17.3 Å². The zero-order chi connectivity index (χ0) is 6.81. The third kappa shape index (κ3) is 1.06. The maximum atomic E-state index is 4.21. The van der Waals surface area contributed by atoms with Crippen molar-refractivity contribution in [1.82, 2.24) is 9.78 Å². The van der Waals surface area contributed by atoms with Crippen molar-refractivity contribution in [2.24, 2.45) is 0 Å². The Hall–Kier alpha value is -0.440. The van der Waals surface area contributed by atoms with Gasteiger partial charge in [-0.2, -0.15) is 5.10 Å². The van der Waals surface area contributed by atoms with Crippen LogP contribution in [0, 0.1) is 0 Å². The molecule has 3 heteroatoms. The molecule has 0 atom stereocenters. The number of hydrogen-bond donors (Lipinski definition) is 0. The van der Waals surface area contributed by atoms with Gasteiger partial charge >= 0.3 is 0 Å². The van der Waals surface area contributed by atoms with E-state index in [4.69, 9.17) is 0 Å². The van der Waals surface area contributed by atoms with Gasteiger partial charge in [-0.3, -0.25) is 4.68 Å². The molecule has 2 rings (SSSR count). The van der Waals surface area contributed by atoms with Crippen molar-refractivity contribution in [1.29, 1.82) is 0 Å². The van der Waals surface area contributed by atoms with E-state index in [0.717, 1.165) is 6.54 Å². The maximum absolute atomic E-state index is 4.21. The molecular formula is C7H10N2S. The molecule has 0 aliphatic carbocycles. The van der Waals surface area contributed by atoms with Crippen LogP contribution < -0.4 is 0 Å². The fourth-order valence-electron chi connectivity index (χ4n) is 1.15. The molecule has 1 aliphatic rings. The molecule has 1 aromatic rings. The normalized spacial score (nSPS) is 18.0. The lowest BCUT2D eigenvalue weighted by molar-refractivity contribution is 0.545. The number of aryl methyl sites for hydroxylation is 1. The molecular weight excluding hydrogens is 144 g/mol. The smallest absolute Gasteiger partial charge is 0.0939 e. The Morgan fingerprint density at radius 1 is 1.50 bits per heavy atom. The van der Waals surface area contributed by atoms with E-state index in [9.17, 15) is 0 Å². The van der Waals surface area contributed by atoms with Gasteiger partial charge in [0.2, 0.25) is 0 Å². The molecule has 1 aliphatic heterocycles. The van der Waals surface area contributed by atoms with Crippen molar-refractivity contribution >= 4 is 11.8 Å². The SMILES string of the molecule is c1cc2n(n1)CCCCS2. The average molecular weight is 154 g/mol. The van der Waals surface area contributed by atoms with Crippen LogP contribution in [0.4, 0.5) is 0 Å². The van der Waals surface area contributed by atoms with Gasteiger partial charge in [-0.05, 0) is 24.7 Å². The summed E-state index contributed by atoms with van der Waals surface area (Å²) in [6, 6.07) is 2.09. The van der Waals surface area contributed by atoms with Crippen molar-refractivity contribution < 1.29 is 0 Å². The van der Waals surface area contributed by atoms with Crippen LogP contribution in [0.3, 0.4) is 0 Å². The zero-order valence-electron chi connectivity index (χ0n) is 5.79. The largest absolute Gasteiger partial charge is 0.259 e. The van der Waals surface area contributed by atoms with Crippen molar-refractivity contribution in [2.45, 2.75) is 24.4 Å². The molecule has 0 bridgehead atoms. The van der Waals surface area contributed by atoms with E-state index in [2.05, 4.69) is 15.8 Å². The molecule has 2 nitrogen and oxygen atoms in total. The minimum absolute atomic E-state index is 1.11. The molecule has 0 unspecified atom stereocenters. The third-order valence-corrected chi connectivity index (χ3v) is 2.83. The van der Waals surface area contributed by atoms with Crippen LogP contribution in [0.2, 0.25) is 0 Å². The summed E-state index contributed by atoms with van der Waals surface area (Å²) in [7, 11) is 0. The molecule has 10 heavy (non-hydrogen) atoms. The lowest BCUT2D eigenvalue weighted by Gasteiger charge is -1.98. The molecule has 0 amide bonds. The first-order valence-corrected chi connectivity index (χ1v) is 4.60. The molecule has 0 radical (unpaired) electrons. The van der Waals surface area contributed by atoms with Crippen LogP contribution in [0.5, 0.6) is 0 Å². The minimum Gasteiger partial charge on any atom is -0.259 e. The Bertz CT molecular complexity index is 199. The molecule has 0 saturated carbocycles. The number of thioether (sulfide) groups is 1. The van der Waals surface area contributed by atoms with Crippen LogP contribution >= 0.6 is 11.8 Å². The molecule has 0 aromatic carbocycles. The van der Waals surface area contributed by atoms with Crippen molar-refractivity contribution in [3.8, 4) is 0 Å². The van der Waals surface area contributed by atoms with Crippen molar-refractivity contribution in [3.63, 3.8) is 0 Å². The highest BCUT2D eigenvalue weighted by atomic mass is 32.2. The van der Waals surface area contributed by atoms with Gasteiger partial charge in [-0.25, -0.2) is 0 Å². The fourth-order valence-corrected chi connectivity index (χ4v) is 2.15. The van der Waals surface area contributed by atoms with Crippen LogP contribution in [-0.4, -0.2) is 15.5 Å². The standard InChI is InChI=1S/C7H10N2S/c1-2-6-10-7-3-4-8-9(7)5-1/h3-4H,1-2,5-6H2. The molecule has 0 N–H and O–H groups in total. The number of aromatic nitrogens is 2. The average Bonchev–Trinajstić information content (AvgIpc) is 2.28. The Labute approximate surface area is 64.6 Å². The molecule has 1 aromatic heterocycles. The number of fused-ring (bicyclic) bond motifs is 1. The first-order valence-electron chi connectivity index (χ1n) is 3.61. The summed E-state index contributed by atoms with van der Waals surface area (Å²) in [5.41, 5.74) is 0. The van der Waals surface area contributed by atoms with E-state index in [1.807, 2.05) is 18.0 Å². The summed E-state index contributed by atoms with van der Waals surface area (Å²) in [5.74, 6) is 1.26. The van der Waals surface area contributed by atoms with E-state index >= 15 is 0 Å². The van der Waals surface area contributed by atoms with Crippen LogP contribution in [-0.2, 0) is 6.54 Å². The van der Waals surface area contributed by atoms with Gasteiger partial charge in [0, 0.05) is 6.54 Å². The van der Waals surface area contributed by atoms with E-state index in [1.165, 1.54) is 23.6 Å². The molecule has 0 saturated heterocycles. The van der Waals surface area contributed by atoms with Gasteiger partial charge in [-0.1, -0.05) is 0 Å². The lowest BCUT2D eigenvalue weighted by Crippen LogP contribution is -1.98. The van der Waals surface area contributed by atoms with Crippen LogP contribution in [0.25, 0.3) is 0 Å². The molecule has 0 fully saturated rings. The van der Waals surface area contributed by atoms with Crippen LogP contribution in [0.1, 0.15) is 12.8 Å². The molecule has 2 heterocycles. The number of nitrogens with zero attached hydrogens (tertiary/aromatic N) is 2. The summed E-state index contributed by atoms with van der Waals surface area (Å²) in [5, 5.41) is 5.54. The predicted molar refractivity (Wildman–Crippen MR) is 42.2 cm³/mol. The Balaban J connectivity index is 2.28. The number of rotatable bonds is 0. The monoisotopic (exact) mass is 154 g/mol. The second-order valence-electron chi connectivity index (χ2n) is 2.45. The first-order chi connectivity index (χ1) is 4.97. The summed E-state index contributed by atoms with van der Waals surface area (Å²) < 4.78 is 2.09. The van der Waals surface area contributed by atoms with E-state index < -0.39 is 0 Å². The van der Waals surface area contributed by atoms with Gasteiger partial charge < -0.3 is 0 Å². The van der Waals surface area contributed by atoms with Gasteiger partial charge in [0.15, 0.2) is 0 Å². The van der Waals surface area contributed by atoms with Crippen molar-refractivity contribution in [2.75, 3.05) is 5.75 Å². The Morgan fingerprint density at radius 2 is 2.50 bits per heavy atom. The quantitative estimate of drug-likeness (QED) is 0.566. The van der Waals surface area contributed by atoms with E-state index in [0.29, 0.717) is 0 Å². The van der Waals surface area contributed by atoms with Gasteiger partial charge in [0.1, 0.15) is 0 Å². The summed E-state index contributed by atoms with van der Waals surface area (Å²) in [6.07, 6.45) is 4.49. The predicted octanol–water partition coefficient (Wildman–Crippen LogP) is 1.77. The fraction of sp³-hybridized carbons (Fsp3) is 0.571. The lowest BCUT2D eigenvalue weighted by atomic mass is 10.3. The van der Waals surface area contributed by atoms with Crippen molar-refractivity contribution in [3.05, 3.63) is 12.3 Å².